The van der Waals surface area contributed by atoms with E-state index in [2.05, 4.69) is 103 Å². The quantitative estimate of drug-likeness (QED) is 0.226. The molecule has 176 valence electrons. The Hall–Kier alpha value is 2.80. The maximum atomic E-state index is 2.82. The Kier molecular flexibility index (Phi) is 4.27. The molecule has 7 fully saturated rings. The summed E-state index contributed by atoms with van der Waals surface area (Å²) in [5.74, 6) is 0. The average molecular weight is 549 g/mol. The standard InChI is InChI=1S/C24H46P6Si/c1-17(2,3)21-25-16(31(13,14)15)26-22(18(4,5)6)28-23(29(21)26,19(7,8)9)27(21)24(28,30(22)25)20(10,11)12/h16H,1-15H3. The summed E-state index contributed by atoms with van der Waals surface area (Å²) in [4.78, 5) is 0. The summed E-state index contributed by atoms with van der Waals surface area (Å²) >= 11 is 0. The van der Waals surface area contributed by atoms with Gasteiger partial charge in [-0.1, -0.05) is 134 Å². The highest BCUT2D eigenvalue weighted by Crippen LogP contribution is 3.54. The van der Waals surface area contributed by atoms with E-state index in [1.165, 1.54) is 5.02 Å². The van der Waals surface area contributed by atoms with Crippen LogP contribution >= 0.6 is 46.3 Å². The number of hydrogen-bond acceptors (Lipinski definition) is 0. The molecular formula is C24H46P6Si. The second kappa shape index (κ2) is 5.48. The van der Waals surface area contributed by atoms with Crippen molar-refractivity contribution in [1.29, 1.82) is 0 Å². The van der Waals surface area contributed by atoms with Gasteiger partial charge in [-0.25, -0.2) is 0 Å². The second-order valence-electron chi connectivity index (χ2n) is 16.3. The maximum Gasteiger partial charge on any atom is 0.0580 e. The van der Waals surface area contributed by atoms with Crippen LogP contribution in [-0.2, 0) is 0 Å². The van der Waals surface area contributed by atoms with Gasteiger partial charge < -0.3 is 0 Å². The summed E-state index contributed by atoms with van der Waals surface area (Å²) in [5, 5.41) is 1.27. The molecule has 6 unspecified atom stereocenters. The third kappa shape index (κ3) is 1.76. The number of hydrogen-bond donors (Lipinski definition) is 0. The SMILES string of the molecule is CC(C)(C)C12P3C([Si](C)(C)C)P4P1C1(C(C)(C)C)P2C2(C(C)(C)C)P3C4(C(C)(C)C)P12. The Morgan fingerprint density at radius 2 is 0.742 bits per heavy atom. The Morgan fingerprint density at radius 3 is 0.935 bits per heavy atom. The van der Waals surface area contributed by atoms with Gasteiger partial charge in [0.15, 0.2) is 0 Å². The van der Waals surface area contributed by atoms with Gasteiger partial charge in [0, 0.05) is 23.6 Å². The molecule has 0 radical (unpaired) electrons. The minimum absolute atomic E-state index is 0.189. The van der Waals surface area contributed by atoms with Crippen LogP contribution in [0.15, 0.2) is 0 Å². The molecule has 7 heteroatoms. The van der Waals surface area contributed by atoms with E-state index in [9.17, 15) is 0 Å². The van der Waals surface area contributed by atoms with Gasteiger partial charge >= 0.3 is 0 Å². The minimum atomic E-state index is -1.17. The first kappa shape index (κ1) is 24.2. The molecule has 0 aromatic heterocycles. The summed E-state index contributed by atoms with van der Waals surface area (Å²) in [6.45, 7) is 41.3. The van der Waals surface area contributed by atoms with Gasteiger partial charge in [0.1, 0.15) is 0 Å². The van der Waals surface area contributed by atoms with Crippen molar-refractivity contribution < 1.29 is 0 Å². The zero-order chi connectivity index (χ0) is 23.5. The van der Waals surface area contributed by atoms with Crippen LogP contribution in [0, 0.1) is 21.7 Å². The lowest BCUT2D eigenvalue weighted by molar-refractivity contribution is 0.322. The summed E-state index contributed by atoms with van der Waals surface area (Å²) in [6, 6.07) is 0. The zero-order valence-electron chi connectivity index (χ0n) is 22.8. The molecule has 0 aromatic rings. The molecule has 7 saturated heterocycles. The molecule has 0 N–H and O–H groups in total. The van der Waals surface area contributed by atoms with Gasteiger partial charge in [0.25, 0.3) is 0 Å². The molecule has 0 amide bonds. The first-order valence-corrected chi connectivity index (χ1v) is 25.6. The summed E-state index contributed by atoms with van der Waals surface area (Å²) in [7, 11) is 0.223. The molecule has 0 aromatic carbocycles. The lowest BCUT2D eigenvalue weighted by atomic mass is 9.97. The van der Waals surface area contributed by atoms with Crippen LogP contribution < -0.4 is 0 Å². The molecular weight excluding hydrogens is 502 g/mol. The van der Waals surface area contributed by atoms with Crippen molar-refractivity contribution in [2.45, 2.75) is 126 Å². The lowest BCUT2D eigenvalue weighted by Crippen LogP contribution is -2.72. The molecule has 0 nitrogen and oxygen atoms in total. The fourth-order valence-electron chi connectivity index (χ4n) is 9.02. The van der Waals surface area contributed by atoms with E-state index in [0.717, 1.165) is 18.6 Å². The van der Waals surface area contributed by atoms with Crippen LogP contribution in [0.1, 0.15) is 83.1 Å². The Bertz CT molecular complexity index is 823. The third-order valence-electron chi connectivity index (χ3n) is 9.38. The van der Waals surface area contributed by atoms with Gasteiger partial charge in [-0.05, 0) is 36.9 Å². The lowest BCUT2D eigenvalue weighted by Gasteiger charge is -2.90. The zero-order valence-corrected chi connectivity index (χ0v) is 29.1. The van der Waals surface area contributed by atoms with E-state index in [0.29, 0.717) is 21.7 Å². The third-order valence-corrected chi connectivity index (χ3v) is 67.8. The summed E-state index contributed by atoms with van der Waals surface area (Å²) < 4.78 is 3.47. The van der Waals surface area contributed by atoms with Crippen molar-refractivity contribution in [3.63, 3.8) is 0 Å². The molecule has 2 bridgehead atoms. The van der Waals surface area contributed by atoms with Crippen molar-refractivity contribution in [1.82, 2.24) is 0 Å². The molecule has 0 saturated carbocycles. The van der Waals surface area contributed by atoms with Gasteiger partial charge in [-0.2, -0.15) is 0 Å². The summed E-state index contributed by atoms with van der Waals surface area (Å²) in [5.41, 5.74) is 2.22. The predicted molar refractivity (Wildman–Crippen MR) is 157 cm³/mol. The highest BCUT2D eigenvalue weighted by molar-refractivity contribution is 8.77. The van der Waals surface area contributed by atoms with Crippen molar-refractivity contribution in [2.75, 3.05) is 0 Å². The Labute approximate surface area is 201 Å². The topological polar surface area (TPSA) is 0 Å². The fraction of sp³-hybridized carbons (Fsp3) is 1.00. The smallest absolute Gasteiger partial charge is 0.0580 e. The van der Waals surface area contributed by atoms with Crippen molar-refractivity contribution in [3.8, 4) is 0 Å². The normalized spacial score (nSPS) is 58.4. The van der Waals surface area contributed by atoms with Crippen molar-refractivity contribution in [2.24, 2.45) is 21.7 Å². The highest BCUT2D eigenvalue weighted by atomic mass is 32.2. The first-order valence-electron chi connectivity index (χ1n) is 12.4. The van der Waals surface area contributed by atoms with Crippen LogP contribution in [0.4, 0.5) is 0 Å². The van der Waals surface area contributed by atoms with Crippen LogP contribution in [0.25, 0.3) is 0 Å². The summed E-state index contributed by atoms with van der Waals surface area (Å²) in [6.07, 6.45) is 0. The Morgan fingerprint density at radius 1 is 0.484 bits per heavy atom. The molecule has 7 heterocycles. The number of rotatable bonds is 1. The van der Waals surface area contributed by atoms with Crippen LogP contribution in [0.2, 0.25) is 19.6 Å². The van der Waals surface area contributed by atoms with E-state index in [-0.39, 0.29) is 46.3 Å². The van der Waals surface area contributed by atoms with Gasteiger partial charge in [0.2, 0.25) is 0 Å². The van der Waals surface area contributed by atoms with Crippen LogP contribution in [-0.4, -0.2) is 31.7 Å². The monoisotopic (exact) mass is 548 g/mol. The molecule has 7 aliphatic heterocycles. The van der Waals surface area contributed by atoms with E-state index >= 15 is 0 Å². The maximum absolute atomic E-state index is 2.82. The van der Waals surface area contributed by atoms with E-state index in [1.807, 2.05) is 0 Å². The minimum Gasteiger partial charge on any atom is -0.0688 e. The van der Waals surface area contributed by atoms with Crippen LogP contribution in [0.3, 0.4) is 0 Å². The molecule has 0 spiro atoms. The molecule has 7 rings (SSSR count). The molecule has 7 aliphatic rings. The van der Waals surface area contributed by atoms with E-state index in [4.69, 9.17) is 0 Å². The first-order chi connectivity index (χ1) is 13.6. The van der Waals surface area contributed by atoms with Crippen molar-refractivity contribution in [3.05, 3.63) is 0 Å². The second-order valence-corrected chi connectivity index (χ2v) is 45.2. The van der Waals surface area contributed by atoms with E-state index in [1.54, 1.807) is 0 Å². The van der Waals surface area contributed by atoms with Crippen LogP contribution in [0.5, 0.6) is 0 Å². The molecule has 0 aliphatic carbocycles. The fourth-order valence-corrected chi connectivity index (χ4v) is 110. The van der Waals surface area contributed by atoms with E-state index < -0.39 is 8.07 Å². The molecule has 6 atom stereocenters. The van der Waals surface area contributed by atoms with Crippen molar-refractivity contribution >= 4 is 54.4 Å². The van der Waals surface area contributed by atoms with Gasteiger partial charge in [0.05, 0.1) is 8.07 Å². The van der Waals surface area contributed by atoms with Gasteiger partial charge in [-0.3, -0.25) is 0 Å². The highest BCUT2D eigenvalue weighted by Gasteiger charge is 3.16. The largest absolute Gasteiger partial charge is 0.0688 e. The average Bonchev–Trinajstić information content (AvgIpc) is 2.73. The molecule has 31 heavy (non-hydrogen) atoms. The van der Waals surface area contributed by atoms with Gasteiger partial charge in [-0.15, -0.1) is 0 Å². The Balaban J connectivity index is 1.76. The predicted octanol–water partition coefficient (Wildman–Crippen LogP) is 11.8.